The molecule has 0 aromatic rings. The Bertz CT molecular complexity index is 1250. The minimum atomic E-state index is -0.887. The summed E-state index contributed by atoms with van der Waals surface area (Å²) in [6, 6.07) is -0.630. The van der Waals surface area contributed by atoms with Crippen molar-refractivity contribution < 1.29 is 38.2 Å². The molecule has 0 rings (SSSR count). The third kappa shape index (κ3) is 39.9. The first-order chi connectivity index (χ1) is 29.1. The molecule has 8 heteroatoms. The largest absolute Gasteiger partial charge is 0.477 e. The number of nitrogens with zero attached hydrogens (tertiary/aromatic N) is 1. The summed E-state index contributed by atoms with van der Waals surface area (Å²) in [6.07, 6.45) is 54.9. The van der Waals surface area contributed by atoms with Gasteiger partial charge < -0.3 is 23.8 Å². The number of carboxylic acids is 1. The molecule has 60 heavy (non-hydrogen) atoms. The molecular weight excluding hydrogens is 751 g/mol. The number of hydrogen-bond donors (Lipinski definition) is 1. The molecule has 8 nitrogen and oxygen atoms in total. The summed E-state index contributed by atoms with van der Waals surface area (Å²) in [5.41, 5.74) is 0. The summed E-state index contributed by atoms with van der Waals surface area (Å²) in [4.78, 5) is 37.0. The van der Waals surface area contributed by atoms with E-state index >= 15 is 0 Å². The molecule has 0 bridgehead atoms. The summed E-state index contributed by atoms with van der Waals surface area (Å²) < 4.78 is 17.2. The Morgan fingerprint density at radius 2 is 0.950 bits per heavy atom. The van der Waals surface area contributed by atoms with Crippen LogP contribution in [0.4, 0.5) is 0 Å². The molecule has 0 amide bonds. The Labute approximate surface area is 367 Å². The maximum Gasteiger partial charge on any atom is 0.362 e. The highest BCUT2D eigenvalue weighted by Crippen LogP contribution is 2.13. The van der Waals surface area contributed by atoms with Gasteiger partial charge >= 0.3 is 17.9 Å². The van der Waals surface area contributed by atoms with Crippen molar-refractivity contribution in [3.63, 3.8) is 0 Å². The lowest BCUT2D eigenvalue weighted by atomic mass is 10.1. The number of rotatable bonds is 41. The number of carbonyl (C=O) groups is 3. The van der Waals surface area contributed by atoms with Gasteiger partial charge in [0.1, 0.15) is 6.61 Å². The quantitative estimate of drug-likeness (QED) is 0.0283. The monoisotopic (exact) mass is 839 g/mol. The van der Waals surface area contributed by atoms with Crippen LogP contribution in [-0.4, -0.2) is 80.6 Å². The molecule has 0 spiro atoms. The molecule has 0 fully saturated rings. The van der Waals surface area contributed by atoms with E-state index in [4.69, 9.17) is 14.2 Å². The van der Waals surface area contributed by atoms with Gasteiger partial charge in [-0.2, -0.15) is 0 Å². The van der Waals surface area contributed by atoms with Crippen LogP contribution in [0.2, 0.25) is 0 Å². The van der Waals surface area contributed by atoms with Gasteiger partial charge in [-0.1, -0.05) is 157 Å². The van der Waals surface area contributed by atoms with Crippen LogP contribution in [0.5, 0.6) is 0 Å². The van der Waals surface area contributed by atoms with Gasteiger partial charge in [0.25, 0.3) is 0 Å². The number of unbranched alkanes of at least 4 members (excludes halogenated alkanes) is 13. The first-order valence-electron chi connectivity index (χ1n) is 23.6. The van der Waals surface area contributed by atoms with E-state index in [1.807, 2.05) is 21.1 Å². The van der Waals surface area contributed by atoms with E-state index in [1.165, 1.54) is 70.6 Å². The van der Waals surface area contributed by atoms with Crippen molar-refractivity contribution in [1.82, 2.24) is 0 Å². The summed E-state index contributed by atoms with van der Waals surface area (Å²) in [5.74, 6) is -1.56. The average Bonchev–Trinajstić information content (AvgIpc) is 3.21. The third-order valence-corrected chi connectivity index (χ3v) is 10.0. The summed E-state index contributed by atoms with van der Waals surface area (Å²) in [5, 5.41) is 9.63. The molecule has 2 unspecified atom stereocenters. The van der Waals surface area contributed by atoms with Crippen molar-refractivity contribution >= 4 is 17.9 Å². The minimum Gasteiger partial charge on any atom is -0.477 e. The number of quaternary nitrogens is 1. The van der Waals surface area contributed by atoms with Crippen LogP contribution in [0.1, 0.15) is 174 Å². The number of allylic oxidation sites excluding steroid dienone is 14. The molecule has 0 saturated carbocycles. The van der Waals surface area contributed by atoms with E-state index in [1.54, 1.807) is 0 Å². The number of ether oxygens (including phenoxy) is 3. The topological polar surface area (TPSA) is 99.1 Å². The fourth-order valence-corrected chi connectivity index (χ4v) is 6.39. The number of hydrogen-bond acceptors (Lipinski definition) is 6. The zero-order chi connectivity index (χ0) is 44.2. The van der Waals surface area contributed by atoms with Crippen molar-refractivity contribution in [2.75, 3.05) is 41.0 Å². The van der Waals surface area contributed by atoms with Crippen LogP contribution in [0.25, 0.3) is 0 Å². The Hall–Kier alpha value is -3.49. The molecule has 0 aromatic carbocycles. The Balaban J connectivity index is 4.40. The van der Waals surface area contributed by atoms with Crippen LogP contribution in [0.15, 0.2) is 85.1 Å². The van der Waals surface area contributed by atoms with Gasteiger partial charge in [-0.15, -0.1) is 0 Å². The predicted molar refractivity (Wildman–Crippen MR) is 252 cm³/mol. The molecule has 0 aromatic heterocycles. The maximum absolute atomic E-state index is 12.7. The van der Waals surface area contributed by atoms with E-state index in [0.29, 0.717) is 19.3 Å². The smallest absolute Gasteiger partial charge is 0.362 e. The van der Waals surface area contributed by atoms with Crippen LogP contribution in [0.3, 0.4) is 0 Å². The molecule has 342 valence electrons. The van der Waals surface area contributed by atoms with Gasteiger partial charge in [-0.05, 0) is 83.5 Å². The second-order valence-corrected chi connectivity index (χ2v) is 16.6. The molecule has 0 aliphatic carbocycles. The van der Waals surface area contributed by atoms with Crippen LogP contribution in [-0.2, 0) is 28.6 Å². The SMILES string of the molecule is CC/C=C\C/C=C\C/C=C\C/C=C\C/C=C\CCCC(=O)OC(COCCC(C(=O)O)[N+](C)(C)C)COC(=O)CCCCCCCCCCC/C=C\C/C=C\CCCCC. The van der Waals surface area contributed by atoms with E-state index in [0.717, 1.165) is 64.2 Å². The second-order valence-electron chi connectivity index (χ2n) is 16.6. The summed E-state index contributed by atoms with van der Waals surface area (Å²) in [6.45, 7) is 4.52. The highest BCUT2D eigenvalue weighted by atomic mass is 16.6. The Morgan fingerprint density at radius 1 is 0.517 bits per heavy atom. The van der Waals surface area contributed by atoms with Crippen LogP contribution < -0.4 is 0 Å². The highest BCUT2D eigenvalue weighted by Gasteiger charge is 2.31. The zero-order valence-corrected chi connectivity index (χ0v) is 38.9. The highest BCUT2D eigenvalue weighted by molar-refractivity contribution is 5.72. The lowest BCUT2D eigenvalue weighted by Gasteiger charge is -2.31. The van der Waals surface area contributed by atoms with Crippen molar-refractivity contribution in [2.24, 2.45) is 0 Å². The molecule has 1 N–H and O–H groups in total. The van der Waals surface area contributed by atoms with Crippen LogP contribution in [0, 0.1) is 0 Å². The van der Waals surface area contributed by atoms with E-state index in [9.17, 15) is 19.5 Å². The standard InChI is InChI=1S/C52H87NO7/c1-6-8-10-12-14-16-18-20-22-24-25-27-28-30-32-34-36-38-40-42-50(54)59-47-48(46-58-45-44-49(52(56)57)53(3,4)5)60-51(55)43-41-39-37-35-33-31-29-26-23-21-19-17-15-13-11-9-7-2/h9,11,14-17,20-23,29,31,35,37,48-49H,6-8,10,12-13,18-19,24-28,30,32-34,36,38-47H2,1-5H3/p+1/b11-9-,16-14-,17-15-,22-20-,23-21-,31-29-,37-35-. The second kappa shape index (κ2) is 42.2. The Morgan fingerprint density at radius 3 is 1.43 bits per heavy atom. The number of esters is 2. The molecule has 0 aliphatic heterocycles. The van der Waals surface area contributed by atoms with E-state index < -0.39 is 18.1 Å². The fourth-order valence-electron chi connectivity index (χ4n) is 6.39. The van der Waals surface area contributed by atoms with E-state index in [-0.39, 0.29) is 42.7 Å². The predicted octanol–water partition coefficient (Wildman–Crippen LogP) is 13.3. The van der Waals surface area contributed by atoms with Gasteiger partial charge in [0, 0.05) is 19.3 Å². The van der Waals surface area contributed by atoms with Gasteiger partial charge in [0.15, 0.2) is 12.1 Å². The number of carboxylic acid groups (broad SMARTS) is 1. The van der Waals surface area contributed by atoms with Crippen molar-refractivity contribution in [1.29, 1.82) is 0 Å². The van der Waals surface area contributed by atoms with Crippen LogP contribution >= 0.6 is 0 Å². The maximum atomic E-state index is 12.7. The van der Waals surface area contributed by atoms with Crippen molar-refractivity contribution in [3.05, 3.63) is 85.1 Å². The first kappa shape index (κ1) is 56.5. The summed E-state index contributed by atoms with van der Waals surface area (Å²) in [7, 11) is 5.50. The van der Waals surface area contributed by atoms with Gasteiger partial charge in [-0.3, -0.25) is 9.59 Å². The summed E-state index contributed by atoms with van der Waals surface area (Å²) >= 11 is 0. The number of aliphatic carboxylic acids is 1. The van der Waals surface area contributed by atoms with Crippen molar-refractivity contribution in [3.8, 4) is 0 Å². The van der Waals surface area contributed by atoms with E-state index in [2.05, 4.69) is 98.9 Å². The number of carbonyl (C=O) groups excluding carboxylic acids is 2. The molecule has 0 radical (unpaired) electrons. The number of likely N-dealkylation sites (N-methyl/N-ethyl adjacent to an activating group) is 1. The van der Waals surface area contributed by atoms with Gasteiger partial charge in [0.2, 0.25) is 0 Å². The molecule has 0 heterocycles. The lowest BCUT2D eigenvalue weighted by molar-refractivity contribution is -0.887. The zero-order valence-electron chi connectivity index (χ0n) is 38.9. The molecule has 0 aliphatic rings. The molecule has 2 atom stereocenters. The van der Waals surface area contributed by atoms with Gasteiger partial charge in [0.05, 0.1) is 34.4 Å². The molecule has 0 saturated heterocycles. The Kier molecular flexibility index (Phi) is 39.8. The normalized spacial score (nSPS) is 13.7. The fraction of sp³-hybridized carbons (Fsp3) is 0.673. The first-order valence-corrected chi connectivity index (χ1v) is 23.6. The molecular formula is C52H88NO7+. The lowest BCUT2D eigenvalue weighted by Crippen LogP contribution is -2.50. The average molecular weight is 839 g/mol. The van der Waals surface area contributed by atoms with Gasteiger partial charge in [-0.25, -0.2) is 4.79 Å². The van der Waals surface area contributed by atoms with Crippen molar-refractivity contribution in [2.45, 2.75) is 187 Å². The minimum absolute atomic E-state index is 0.0326. The third-order valence-electron chi connectivity index (χ3n) is 10.0.